The van der Waals surface area contributed by atoms with Crippen molar-refractivity contribution in [2.75, 3.05) is 6.61 Å². The molecule has 0 saturated heterocycles. The van der Waals surface area contributed by atoms with Gasteiger partial charge in [-0.15, -0.1) is 0 Å². The van der Waals surface area contributed by atoms with E-state index in [1.54, 1.807) is 0 Å². The largest absolute Gasteiger partial charge is 0.492 e. The minimum absolute atomic E-state index is 0.601. The van der Waals surface area contributed by atoms with Gasteiger partial charge in [-0.2, -0.15) is 0 Å². The van der Waals surface area contributed by atoms with Crippen LogP contribution in [0, 0.1) is 0 Å². The minimum Gasteiger partial charge on any atom is -0.492 e. The highest BCUT2D eigenvalue weighted by Gasteiger charge is 2.10. The van der Waals surface area contributed by atoms with Crippen LogP contribution in [0.3, 0.4) is 0 Å². The van der Waals surface area contributed by atoms with Crippen LogP contribution in [0.4, 0.5) is 0 Å². The number of rotatable bonds is 7. The molecule has 0 N–H and O–H groups in total. The van der Waals surface area contributed by atoms with Gasteiger partial charge in [0.1, 0.15) is 17.2 Å². The van der Waals surface area contributed by atoms with Gasteiger partial charge < -0.3 is 9.47 Å². The number of fused-ring (bicyclic) bond motifs is 1. The van der Waals surface area contributed by atoms with Crippen molar-refractivity contribution in [3.63, 3.8) is 0 Å². The molecule has 0 aliphatic heterocycles. The van der Waals surface area contributed by atoms with E-state index < -0.39 is 0 Å². The third-order valence-electron chi connectivity index (χ3n) is 5.47. The lowest BCUT2D eigenvalue weighted by Gasteiger charge is -2.14. The van der Waals surface area contributed by atoms with E-state index in [0.29, 0.717) is 6.61 Å². The topological polar surface area (TPSA) is 18.5 Å². The molecule has 0 aromatic heterocycles. The number of ether oxygens (including phenoxy) is 2. The molecule has 5 aromatic rings. The first kappa shape index (κ1) is 19.9. The third-order valence-corrected chi connectivity index (χ3v) is 5.47. The molecule has 0 aliphatic carbocycles. The van der Waals surface area contributed by atoms with Crippen LogP contribution in [0.5, 0.6) is 17.2 Å². The monoisotopic (exact) mass is 416 g/mol. The van der Waals surface area contributed by atoms with E-state index >= 15 is 0 Å². The molecule has 2 heteroatoms. The normalized spacial score (nSPS) is 10.8. The predicted molar refractivity (Wildman–Crippen MR) is 132 cm³/mol. The summed E-state index contributed by atoms with van der Waals surface area (Å²) in [5, 5.41) is 2.17. The van der Waals surface area contributed by atoms with E-state index in [9.17, 15) is 0 Å². The van der Waals surface area contributed by atoms with E-state index in [4.69, 9.17) is 9.47 Å². The highest BCUT2D eigenvalue weighted by molar-refractivity contribution is 5.93. The SMILES string of the molecule is c1ccc(CCOc2cc(Oc3ccccc3)cc3ccc(-c4ccccc4)cc23)cc1. The Morgan fingerprint density at radius 2 is 1.22 bits per heavy atom. The molecular weight excluding hydrogens is 392 g/mol. The van der Waals surface area contributed by atoms with Crippen molar-refractivity contribution in [2.45, 2.75) is 6.42 Å². The van der Waals surface area contributed by atoms with Crippen LogP contribution in [0.1, 0.15) is 5.56 Å². The Hall–Kier alpha value is -4.04. The van der Waals surface area contributed by atoms with Crippen LogP contribution in [-0.2, 0) is 6.42 Å². The Labute approximate surface area is 188 Å². The summed E-state index contributed by atoms with van der Waals surface area (Å²) in [5.41, 5.74) is 3.62. The van der Waals surface area contributed by atoms with Gasteiger partial charge in [-0.05, 0) is 46.3 Å². The van der Waals surface area contributed by atoms with Gasteiger partial charge >= 0.3 is 0 Å². The van der Waals surface area contributed by atoms with Gasteiger partial charge in [-0.1, -0.05) is 91.0 Å². The Morgan fingerprint density at radius 1 is 0.531 bits per heavy atom. The van der Waals surface area contributed by atoms with Crippen LogP contribution in [0.2, 0.25) is 0 Å². The number of benzene rings is 5. The summed E-state index contributed by atoms with van der Waals surface area (Å²) in [7, 11) is 0. The van der Waals surface area contributed by atoms with Crippen molar-refractivity contribution < 1.29 is 9.47 Å². The van der Waals surface area contributed by atoms with Crippen LogP contribution >= 0.6 is 0 Å². The lowest BCUT2D eigenvalue weighted by Crippen LogP contribution is -2.02. The zero-order chi connectivity index (χ0) is 21.6. The summed E-state index contributed by atoms with van der Waals surface area (Å²) in [6, 6.07) is 41.2. The molecule has 0 unspecified atom stereocenters. The molecule has 32 heavy (non-hydrogen) atoms. The third kappa shape index (κ3) is 4.65. The first-order valence-corrected chi connectivity index (χ1v) is 10.9. The van der Waals surface area contributed by atoms with E-state index in [-0.39, 0.29) is 0 Å². The van der Waals surface area contributed by atoms with E-state index in [2.05, 4.69) is 72.8 Å². The molecule has 0 fully saturated rings. The second-order valence-electron chi connectivity index (χ2n) is 7.72. The van der Waals surface area contributed by atoms with E-state index in [1.807, 2.05) is 48.5 Å². The van der Waals surface area contributed by atoms with Crippen LogP contribution < -0.4 is 9.47 Å². The molecule has 0 heterocycles. The second-order valence-corrected chi connectivity index (χ2v) is 7.72. The Bertz CT molecular complexity index is 1300. The van der Waals surface area contributed by atoms with Crippen LogP contribution in [0.25, 0.3) is 21.9 Å². The van der Waals surface area contributed by atoms with Gasteiger partial charge in [0.25, 0.3) is 0 Å². The fourth-order valence-corrected chi connectivity index (χ4v) is 3.83. The van der Waals surface area contributed by atoms with Crippen molar-refractivity contribution in [3.8, 4) is 28.4 Å². The van der Waals surface area contributed by atoms with Gasteiger partial charge in [-0.25, -0.2) is 0 Å². The molecule has 0 atom stereocenters. The van der Waals surface area contributed by atoms with Crippen molar-refractivity contribution in [3.05, 3.63) is 127 Å². The van der Waals surface area contributed by atoms with Crippen LogP contribution in [0.15, 0.2) is 121 Å². The summed E-state index contributed by atoms with van der Waals surface area (Å²) >= 11 is 0. The standard InChI is InChI=1S/C30H24O2/c1-4-10-23(11-5-1)18-19-31-30-22-28(32-27-14-8-3-9-15-27)20-26-17-16-25(21-29(26)30)24-12-6-2-7-13-24/h1-17,20-22H,18-19H2. The molecule has 2 nitrogen and oxygen atoms in total. The maximum absolute atomic E-state index is 6.31. The quantitative estimate of drug-likeness (QED) is 0.268. The Morgan fingerprint density at radius 3 is 1.97 bits per heavy atom. The highest BCUT2D eigenvalue weighted by atomic mass is 16.5. The van der Waals surface area contributed by atoms with Gasteiger partial charge in [0.2, 0.25) is 0 Å². The van der Waals surface area contributed by atoms with Crippen molar-refractivity contribution in [1.29, 1.82) is 0 Å². The summed E-state index contributed by atoms with van der Waals surface area (Å²) in [6.07, 6.45) is 0.852. The molecule has 0 saturated carbocycles. The fraction of sp³-hybridized carbons (Fsp3) is 0.0667. The molecule has 0 aliphatic rings. The van der Waals surface area contributed by atoms with Gasteiger partial charge in [0.15, 0.2) is 0 Å². The van der Waals surface area contributed by atoms with Crippen molar-refractivity contribution in [2.24, 2.45) is 0 Å². The lowest BCUT2D eigenvalue weighted by molar-refractivity contribution is 0.324. The molecular formula is C30H24O2. The summed E-state index contributed by atoms with van der Waals surface area (Å²) in [5.74, 6) is 2.41. The maximum Gasteiger partial charge on any atom is 0.131 e. The second kappa shape index (κ2) is 9.40. The van der Waals surface area contributed by atoms with E-state index in [0.717, 1.165) is 34.4 Å². The fourth-order valence-electron chi connectivity index (χ4n) is 3.83. The first-order valence-electron chi connectivity index (χ1n) is 10.9. The Balaban J connectivity index is 1.49. The lowest BCUT2D eigenvalue weighted by atomic mass is 10.0. The molecule has 5 aromatic carbocycles. The molecule has 156 valence electrons. The maximum atomic E-state index is 6.31. The molecule has 0 radical (unpaired) electrons. The van der Waals surface area contributed by atoms with Gasteiger partial charge in [0, 0.05) is 17.9 Å². The summed E-state index contributed by atoms with van der Waals surface area (Å²) in [6.45, 7) is 0.601. The Kier molecular flexibility index (Phi) is 5.85. The minimum atomic E-state index is 0.601. The van der Waals surface area contributed by atoms with Crippen molar-refractivity contribution in [1.82, 2.24) is 0 Å². The zero-order valence-electron chi connectivity index (χ0n) is 17.8. The van der Waals surface area contributed by atoms with Crippen molar-refractivity contribution >= 4 is 10.8 Å². The van der Waals surface area contributed by atoms with Gasteiger partial charge in [-0.3, -0.25) is 0 Å². The smallest absolute Gasteiger partial charge is 0.131 e. The number of para-hydroxylation sites is 1. The summed E-state index contributed by atoms with van der Waals surface area (Å²) < 4.78 is 12.4. The predicted octanol–water partition coefficient (Wildman–Crippen LogP) is 7.92. The molecule has 0 amide bonds. The number of hydrogen-bond acceptors (Lipinski definition) is 2. The zero-order valence-corrected chi connectivity index (χ0v) is 17.8. The average molecular weight is 417 g/mol. The first-order chi connectivity index (χ1) is 15.8. The molecule has 5 rings (SSSR count). The van der Waals surface area contributed by atoms with E-state index in [1.165, 1.54) is 16.7 Å². The molecule has 0 bridgehead atoms. The summed E-state index contributed by atoms with van der Waals surface area (Å²) in [4.78, 5) is 0. The highest BCUT2D eigenvalue weighted by Crippen LogP contribution is 2.36. The molecule has 0 spiro atoms. The number of hydrogen-bond donors (Lipinski definition) is 0. The average Bonchev–Trinajstić information content (AvgIpc) is 2.86. The van der Waals surface area contributed by atoms with Gasteiger partial charge in [0.05, 0.1) is 6.61 Å². The van der Waals surface area contributed by atoms with Crippen LogP contribution in [-0.4, -0.2) is 6.61 Å².